The third-order valence-electron chi connectivity index (χ3n) is 2.35. The molecule has 5 heteroatoms. The fourth-order valence-electron chi connectivity index (χ4n) is 1.43. The van der Waals surface area contributed by atoms with Gasteiger partial charge in [-0.1, -0.05) is 28.1 Å². The topological polar surface area (TPSA) is 33.6 Å². The number of hydrogen-bond donors (Lipinski definition) is 1. The van der Waals surface area contributed by atoms with Crippen molar-refractivity contribution >= 4 is 28.1 Å². The van der Waals surface area contributed by atoms with Crippen LogP contribution in [0.25, 0.3) is 0 Å². The predicted molar refractivity (Wildman–Crippen MR) is 65.4 cm³/mol. The van der Waals surface area contributed by atoms with Crippen molar-refractivity contribution in [2.24, 2.45) is 0 Å². The second kappa shape index (κ2) is 4.28. The second-order valence-electron chi connectivity index (χ2n) is 3.30. The first-order valence-electron chi connectivity index (χ1n) is 4.55. The molecule has 0 radical (unpaired) electrons. The summed E-state index contributed by atoms with van der Waals surface area (Å²) in [7, 11) is 0. The summed E-state index contributed by atoms with van der Waals surface area (Å²) < 4.78 is 3.65. The Morgan fingerprint density at radius 1 is 1.40 bits per heavy atom. The predicted octanol–water partition coefficient (Wildman–Crippen LogP) is 3.31. The molecule has 0 bridgehead atoms. The molecule has 0 aliphatic heterocycles. The molecule has 1 atom stereocenters. The van der Waals surface area contributed by atoms with Crippen molar-refractivity contribution in [1.29, 1.82) is 0 Å². The maximum absolute atomic E-state index is 5.12. The highest BCUT2D eigenvalue weighted by Crippen LogP contribution is 2.19. The van der Waals surface area contributed by atoms with Gasteiger partial charge in [-0.3, -0.25) is 9.67 Å². The van der Waals surface area contributed by atoms with E-state index < -0.39 is 0 Å². The molecule has 0 aliphatic carbocycles. The summed E-state index contributed by atoms with van der Waals surface area (Å²) in [5, 5.41) is 6.66. The number of aromatic amines is 1. The summed E-state index contributed by atoms with van der Waals surface area (Å²) in [6.45, 7) is 2.09. The average molecular weight is 284 g/mol. The van der Waals surface area contributed by atoms with E-state index in [9.17, 15) is 0 Å². The van der Waals surface area contributed by atoms with Gasteiger partial charge in [0.05, 0.1) is 6.04 Å². The smallest absolute Gasteiger partial charge is 0.195 e. The van der Waals surface area contributed by atoms with Crippen LogP contribution in [0.15, 0.2) is 35.1 Å². The van der Waals surface area contributed by atoms with Crippen LogP contribution < -0.4 is 0 Å². The summed E-state index contributed by atoms with van der Waals surface area (Å²) in [5.74, 6) is 0. The highest BCUT2D eigenvalue weighted by atomic mass is 79.9. The molecule has 1 unspecified atom stereocenters. The minimum atomic E-state index is 0.198. The molecule has 0 saturated heterocycles. The van der Waals surface area contributed by atoms with Gasteiger partial charge in [0.25, 0.3) is 0 Å². The highest BCUT2D eigenvalue weighted by molar-refractivity contribution is 9.10. The van der Waals surface area contributed by atoms with E-state index in [2.05, 4.69) is 45.2 Å². The van der Waals surface area contributed by atoms with Crippen LogP contribution in [0.5, 0.6) is 0 Å². The van der Waals surface area contributed by atoms with Gasteiger partial charge in [0.15, 0.2) is 4.77 Å². The number of aromatic nitrogens is 3. The number of nitrogens with zero attached hydrogens (tertiary/aromatic N) is 2. The van der Waals surface area contributed by atoms with Crippen LogP contribution in [0, 0.1) is 4.77 Å². The Morgan fingerprint density at radius 3 is 2.60 bits per heavy atom. The number of halogens is 1. The maximum atomic E-state index is 5.12. The third-order valence-corrected chi connectivity index (χ3v) is 3.18. The normalized spacial score (nSPS) is 12.7. The Balaban J connectivity index is 2.36. The molecule has 1 aromatic carbocycles. The quantitative estimate of drug-likeness (QED) is 0.858. The van der Waals surface area contributed by atoms with Crippen molar-refractivity contribution in [3.63, 3.8) is 0 Å². The molecule has 2 aromatic rings. The lowest BCUT2D eigenvalue weighted by Crippen LogP contribution is -2.05. The summed E-state index contributed by atoms with van der Waals surface area (Å²) in [6, 6.07) is 8.39. The van der Waals surface area contributed by atoms with Crippen molar-refractivity contribution < 1.29 is 0 Å². The zero-order valence-electron chi connectivity index (χ0n) is 8.14. The molecule has 0 fully saturated rings. The van der Waals surface area contributed by atoms with Crippen molar-refractivity contribution in [2.75, 3.05) is 0 Å². The lowest BCUT2D eigenvalue weighted by molar-refractivity contribution is 0.628. The Labute approximate surface area is 101 Å². The first kappa shape index (κ1) is 10.6. The van der Waals surface area contributed by atoms with Gasteiger partial charge in [0.2, 0.25) is 0 Å². The van der Waals surface area contributed by atoms with E-state index in [0.717, 1.165) is 4.47 Å². The molecule has 1 N–H and O–H groups in total. The van der Waals surface area contributed by atoms with Crippen LogP contribution in [0.1, 0.15) is 18.5 Å². The average Bonchev–Trinajstić information content (AvgIpc) is 2.65. The van der Waals surface area contributed by atoms with Gasteiger partial charge in [-0.05, 0) is 36.8 Å². The van der Waals surface area contributed by atoms with Crippen LogP contribution in [-0.4, -0.2) is 14.8 Å². The number of H-pyrrole nitrogens is 1. The van der Waals surface area contributed by atoms with Crippen LogP contribution in [-0.2, 0) is 0 Å². The maximum Gasteiger partial charge on any atom is 0.195 e. The van der Waals surface area contributed by atoms with E-state index in [4.69, 9.17) is 12.2 Å². The van der Waals surface area contributed by atoms with E-state index in [1.54, 1.807) is 6.33 Å². The molecule has 0 aliphatic rings. The van der Waals surface area contributed by atoms with Gasteiger partial charge < -0.3 is 0 Å². The van der Waals surface area contributed by atoms with Gasteiger partial charge >= 0.3 is 0 Å². The molecule has 1 aromatic heterocycles. The Hall–Kier alpha value is -0.940. The van der Waals surface area contributed by atoms with Gasteiger partial charge in [-0.15, -0.1) is 0 Å². The zero-order chi connectivity index (χ0) is 10.8. The largest absolute Gasteiger partial charge is 0.299 e. The molecule has 0 amide bonds. The highest BCUT2D eigenvalue weighted by Gasteiger charge is 2.07. The SMILES string of the molecule is CC(c1ccc(Br)cc1)n1cn[nH]c1=S. The zero-order valence-corrected chi connectivity index (χ0v) is 10.5. The van der Waals surface area contributed by atoms with Crippen molar-refractivity contribution in [1.82, 2.24) is 14.8 Å². The molecular weight excluding hydrogens is 274 g/mol. The van der Waals surface area contributed by atoms with E-state index in [0.29, 0.717) is 4.77 Å². The first-order chi connectivity index (χ1) is 7.18. The van der Waals surface area contributed by atoms with Gasteiger partial charge in [0.1, 0.15) is 6.33 Å². The molecule has 78 valence electrons. The van der Waals surface area contributed by atoms with E-state index in [-0.39, 0.29) is 6.04 Å². The molecule has 1 heterocycles. The lowest BCUT2D eigenvalue weighted by Gasteiger charge is -2.12. The molecule has 0 saturated carbocycles. The summed E-state index contributed by atoms with van der Waals surface area (Å²) in [6.07, 6.45) is 1.72. The fourth-order valence-corrected chi connectivity index (χ4v) is 1.96. The monoisotopic (exact) mass is 283 g/mol. The van der Waals surface area contributed by atoms with E-state index in [1.165, 1.54) is 5.56 Å². The lowest BCUT2D eigenvalue weighted by atomic mass is 10.1. The van der Waals surface area contributed by atoms with E-state index >= 15 is 0 Å². The Morgan fingerprint density at radius 2 is 2.07 bits per heavy atom. The number of rotatable bonds is 2. The van der Waals surface area contributed by atoms with Crippen LogP contribution in [0.4, 0.5) is 0 Å². The number of benzene rings is 1. The first-order valence-corrected chi connectivity index (χ1v) is 5.75. The Bertz CT molecular complexity index is 500. The number of hydrogen-bond acceptors (Lipinski definition) is 2. The Kier molecular flexibility index (Phi) is 3.02. The molecular formula is C10H10BrN3S. The van der Waals surface area contributed by atoms with Crippen LogP contribution in [0.3, 0.4) is 0 Å². The molecule has 0 spiro atoms. The third kappa shape index (κ3) is 2.18. The second-order valence-corrected chi connectivity index (χ2v) is 4.60. The summed E-state index contributed by atoms with van der Waals surface area (Å²) in [5.41, 5.74) is 1.20. The fraction of sp³-hybridized carbons (Fsp3) is 0.200. The molecule has 2 rings (SSSR count). The van der Waals surface area contributed by atoms with Crippen molar-refractivity contribution in [3.8, 4) is 0 Å². The van der Waals surface area contributed by atoms with Gasteiger partial charge in [-0.25, -0.2) is 0 Å². The van der Waals surface area contributed by atoms with Crippen molar-refractivity contribution in [2.45, 2.75) is 13.0 Å². The van der Waals surface area contributed by atoms with Crippen molar-refractivity contribution in [3.05, 3.63) is 45.4 Å². The minimum absolute atomic E-state index is 0.198. The van der Waals surface area contributed by atoms with Crippen LogP contribution in [0.2, 0.25) is 0 Å². The van der Waals surface area contributed by atoms with Gasteiger partial charge in [0, 0.05) is 4.47 Å². The number of nitrogens with one attached hydrogen (secondary N) is 1. The summed E-state index contributed by atoms with van der Waals surface area (Å²) >= 11 is 8.53. The molecule has 3 nitrogen and oxygen atoms in total. The molecule has 15 heavy (non-hydrogen) atoms. The summed E-state index contributed by atoms with van der Waals surface area (Å²) in [4.78, 5) is 0. The minimum Gasteiger partial charge on any atom is -0.299 e. The van der Waals surface area contributed by atoms with E-state index in [1.807, 2.05) is 16.7 Å². The van der Waals surface area contributed by atoms with Gasteiger partial charge in [-0.2, -0.15) is 5.10 Å². The van der Waals surface area contributed by atoms with Crippen LogP contribution >= 0.6 is 28.1 Å². The standard InChI is InChI=1S/C10H10BrN3S/c1-7(14-6-12-13-10(14)15)8-2-4-9(11)5-3-8/h2-7H,1H3,(H,13,15).